The van der Waals surface area contributed by atoms with Gasteiger partial charge in [-0.05, 0) is 22.3 Å². The average molecular weight is 1060 g/mol. The van der Waals surface area contributed by atoms with Crippen molar-refractivity contribution in [2.45, 2.75) is 149 Å². The minimum Gasteiger partial charge on any atom is -0.479 e. The normalized spacial score (nSPS) is 36.2. The summed E-state index contributed by atoms with van der Waals surface area (Å²) in [6, 6.07) is 34.9. The predicted molar refractivity (Wildman–Crippen MR) is 251 cm³/mol. The number of carboxylic acid groups (broad SMARTS) is 2. The molecule has 408 valence electrons. The van der Waals surface area contributed by atoms with Crippen LogP contribution >= 0.6 is 0 Å². The molecule has 4 fully saturated rings. The first-order valence-electron chi connectivity index (χ1n) is 24.2. The Labute approximate surface area is 429 Å². The van der Waals surface area contributed by atoms with Crippen LogP contribution in [0.2, 0.25) is 0 Å². The van der Waals surface area contributed by atoms with Crippen molar-refractivity contribution in [3.05, 3.63) is 144 Å². The van der Waals surface area contributed by atoms with Crippen molar-refractivity contribution in [2.24, 2.45) is 0 Å². The van der Waals surface area contributed by atoms with Crippen LogP contribution in [-0.4, -0.2) is 199 Å². The topological polar surface area (TPSA) is 338 Å². The van der Waals surface area contributed by atoms with Crippen LogP contribution in [0.3, 0.4) is 0 Å². The van der Waals surface area contributed by atoms with Gasteiger partial charge < -0.3 is 103 Å². The fourth-order valence-corrected chi connectivity index (χ4v) is 9.08. The van der Waals surface area contributed by atoms with Crippen molar-refractivity contribution >= 4 is 11.9 Å². The Morgan fingerprint density at radius 2 is 0.720 bits per heavy atom. The Kier molecular flexibility index (Phi) is 19.8. The summed E-state index contributed by atoms with van der Waals surface area (Å²) in [5, 5.41) is 112. The van der Waals surface area contributed by atoms with Crippen LogP contribution in [0, 0.1) is 0 Å². The van der Waals surface area contributed by atoms with Crippen molar-refractivity contribution < 1.29 is 113 Å². The summed E-state index contributed by atoms with van der Waals surface area (Å²) in [5.41, 5.74) is 2.64. The maximum absolute atomic E-state index is 13.1. The third-order valence-electron chi connectivity index (χ3n) is 13.1. The summed E-state index contributed by atoms with van der Waals surface area (Å²) < 4.78 is 65.3. The van der Waals surface area contributed by atoms with Crippen molar-refractivity contribution in [1.29, 1.82) is 0 Å². The van der Waals surface area contributed by atoms with E-state index in [1.54, 1.807) is 121 Å². The predicted octanol–water partition coefficient (Wildman–Crippen LogP) is -0.666. The second-order valence-electron chi connectivity index (χ2n) is 18.4. The first-order valence-corrected chi connectivity index (χ1v) is 24.2. The maximum Gasteiger partial charge on any atom is 0.335 e. The van der Waals surface area contributed by atoms with E-state index in [-0.39, 0.29) is 33.0 Å². The first-order chi connectivity index (χ1) is 36.2. The van der Waals surface area contributed by atoms with E-state index in [9.17, 15) is 60.7 Å². The molecule has 0 radical (unpaired) electrons. The molecule has 4 heterocycles. The number of hydrogen-bond acceptors (Lipinski definition) is 21. The number of aliphatic carboxylic acids is 2. The fraction of sp³-hybridized carbons (Fsp3) is 0.500. The Morgan fingerprint density at radius 3 is 1.17 bits per heavy atom. The molecule has 0 amide bonds. The summed E-state index contributed by atoms with van der Waals surface area (Å²) in [6.07, 6.45) is -37.6. The monoisotopic (exact) mass is 1050 g/mol. The quantitative estimate of drug-likeness (QED) is 0.0467. The molecule has 4 aliphatic heterocycles. The van der Waals surface area contributed by atoms with Crippen LogP contribution in [0.1, 0.15) is 22.3 Å². The van der Waals surface area contributed by atoms with Crippen LogP contribution in [0.25, 0.3) is 0 Å². The second-order valence-corrected chi connectivity index (χ2v) is 18.4. The standard InChI is InChI=1S/C52H62O23/c53-33-36(56)49(64)69-31(25-65-21-27-13-5-1-6-14-27)40(33)72-52-39(59)43(44(46(75-52)48(62)63)68-24-30-19-11-4-12-20-30)73-50-37(57)34(54)41(32(70-50)26-66-22-28-15-7-2-8-16-28)71-51-38(58)35(55)42(45(74-51)47(60)61)67-23-29-17-9-3-10-18-29/h1-20,31-46,49-59,64H,21-26H2,(H,60,61)(H,62,63). The molecule has 8 rings (SSSR count). The van der Waals surface area contributed by atoms with E-state index in [0.29, 0.717) is 16.7 Å². The van der Waals surface area contributed by atoms with E-state index in [4.69, 9.17) is 52.1 Å². The van der Waals surface area contributed by atoms with Crippen molar-refractivity contribution in [3.63, 3.8) is 0 Å². The molecule has 10 N–H and O–H groups in total. The molecular formula is C52H62O23. The van der Waals surface area contributed by atoms with Crippen LogP contribution in [-0.2, 0) is 88.1 Å². The molecule has 0 aromatic heterocycles. The van der Waals surface area contributed by atoms with Gasteiger partial charge in [0.05, 0.1) is 39.6 Å². The summed E-state index contributed by atoms with van der Waals surface area (Å²) in [4.78, 5) is 25.7. The van der Waals surface area contributed by atoms with Crippen molar-refractivity contribution in [3.8, 4) is 0 Å². The summed E-state index contributed by atoms with van der Waals surface area (Å²) in [7, 11) is 0. The summed E-state index contributed by atoms with van der Waals surface area (Å²) in [6.45, 7) is -1.24. The van der Waals surface area contributed by atoms with E-state index in [0.717, 1.165) is 5.56 Å². The van der Waals surface area contributed by atoms with Gasteiger partial charge in [-0.2, -0.15) is 0 Å². The van der Waals surface area contributed by atoms with E-state index < -0.39 is 141 Å². The lowest BCUT2D eigenvalue weighted by atomic mass is 9.95. The van der Waals surface area contributed by atoms with Gasteiger partial charge in [0.2, 0.25) is 0 Å². The lowest BCUT2D eigenvalue weighted by molar-refractivity contribution is -0.388. The molecular weight excluding hydrogens is 993 g/mol. The molecule has 4 aromatic carbocycles. The minimum atomic E-state index is -2.16. The van der Waals surface area contributed by atoms with Gasteiger partial charge in [-0.3, -0.25) is 0 Å². The molecule has 20 unspecified atom stereocenters. The van der Waals surface area contributed by atoms with Gasteiger partial charge in [-0.1, -0.05) is 121 Å². The maximum atomic E-state index is 13.1. The molecule has 4 aliphatic rings. The van der Waals surface area contributed by atoms with E-state index >= 15 is 0 Å². The number of benzene rings is 4. The van der Waals surface area contributed by atoms with Crippen molar-refractivity contribution in [1.82, 2.24) is 0 Å². The van der Waals surface area contributed by atoms with E-state index in [2.05, 4.69) is 0 Å². The van der Waals surface area contributed by atoms with Gasteiger partial charge in [-0.25, -0.2) is 9.59 Å². The minimum absolute atomic E-state index is 0.0332. The lowest BCUT2D eigenvalue weighted by Gasteiger charge is -2.49. The van der Waals surface area contributed by atoms with Crippen LogP contribution in [0.15, 0.2) is 121 Å². The third-order valence-corrected chi connectivity index (χ3v) is 13.1. The second kappa shape index (κ2) is 26.4. The number of aliphatic hydroxyl groups is 8. The highest BCUT2D eigenvalue weighted by atomic mass is 16.8. The van der Waals surface area contributed by atoms with Crippen LogP contribution in [0.4, 0.5) is 0 Å². The molecule has 20 atom stereocenters. The number of hydrogen-bond donors (Lipinski definition) is 10. The molecule has 23 heteroatoms. The third kappa shape index (κ3) is 14.0. The highest BCUT2D eigenvalue weighted by Gasteiger charge is 2.58. The molecule has 0 saturated carbocycles. The highest BCUT2D eigenvalue weighted by molar-refractivity contribution is 5.74. The number of rotatable bonds is 22. The molecule has 75 heavy (non-hydrogen) atoms. The molecule has 4 saturated heterocycles. The van der Waals surface area contributed by atoms with Crippen LogP contribution < -0.4 is 0 Å². The number of carbonyl (C=O) groups is 2. The number of aliphatic hydroxyl groups excluding tert-OH is 8. The molecule has 0 spiro atoms. The zero-order valence-electron chi connectivity index (χ0n) is 40.1. The van der Waals surface area contributed by atoms with Gasteiger partial charge in [0.15, 0.2) is 37.4 Å². The van der Waals surface area contributed by atoms with Gasteiger partial charge in [0.1, 0.15) is 85.5 Å². The van der Waals surface area contributed by atoms with Crippen molar-refractivity contribution in [2.75, 3.05) is 13.2 Å². The number of carboxylic acids is 2. The van der Waals surface area contributed by atoms with Gasteiger partial charge in [-0.15, -0.1) is 0 Å². The Balaban J connectivity index is 1.05. The Bertz CT molecular complexity index is 2360. The zero-order chi connectivity index (χ0) is 53.2. The molecule has 0 bridgehead atoms. The van der Waals surface area contributed by atoms with Gasteiger partial charge in [0, 0.05) is 0 Å². The Hall–Kier alpha value is -4.94. The lowest BCUT2D eigenvalue weighted by Crippen LogP contribution is -2.68. The smallest absolute Gasteiger partial charge is 0.335 e. The summed E-state index contributed by atoms with van der Waals surface area (Å²) >= 11 is 0. The first kappa shape index (κ1) is 56.3. The fourth-order valence-electron chi connectivity index (χ4n) is 9.08. The zero-order valence-corrected chi connectivity index (χ0v) is 40.1. The molecule has 4 aromatic rings. The summed E-state index contributed by atoms with van der Waals surface area (Å²) in [5.74, 6) is -3.23. The van der Waals surface area contributed by atoms with Crippen LogP contribution in [0.5, 0.6) is 0 Å². The largest absolute Gasteiger partial charge is 0.479 e. The van der Waals surface area contributed by atoms with E-state index in [1.165, 1.54) is 0 Å². The Morgan fingerprint density at radius 1 is 0.373 bits per heavy atom. The highest BCUT2D eigenvalue weighted by Crippen LogP contribution is 2.36. The van der Waals surface area contributed by atoms with Gasteiger partial charge in [0.25, 0.3) is 0 Å². The molecule has 23 nitrogen and oxygen atoms in total. The number of ether oxygens (including phenoxy) is 11. The van der Waals surface area contributed by atoms with E-state index in [1.807, 2.05) is 0 Å². The molecule has 0 aliphatic carbocycles. The SMILES string of the molecule is O=C(O)C1OC(OC2C(COCc3ccccc3)OC(OC3C(O)C(OC4C(COCc5ccccc5)OC(O)C(O)C4O)OC(C(=O)O)C3OCc3ccccc3)C(O)C2O)C(O)C(O)C1OCc1ccccc1. The van der Waals surface area contributed by atoms with Gasteiger partial charge >= 0.3 is 11.9 Å². The average Bonchev–Trinajstić information content (AvgIpc) is 3.41.